The summed E-state index contributed by atoms with van der Waals surface area (Å²) >= 11 is 2.88. The first kappa shape index (κ1) is 15.8. The van der Waals surface area contributed by atoms with Crippen molar-refractivity contribution in [1.82, 2.24) is 10.3 Å². The number of aromatic nitrogens is 2. The smallest absolute Gasteiger partial charge is 0.251 e. The number of amides is 1. The van der Waals surface area contributed by atoms with Crippen LogP contribution in [0.3, 0.4) is 0 Å². The van der Waals surface area contributed by atoms with E-state index in [2.05, 4.69) is 10.3 Å². The van der Waals surface area contributed by atoms with E-state index < -0.39 is 0 Å². The Morgan fingerprint density at radius 1 is 1.26 bits per heavy atom. The summed E-state index contributed by atoms with van der Waals surface area (Å²) in [5.74, 6) is 0.145. The summed E-state index contributed by atoms with van der Waals surface area (Å²) in [6.45, 7) is 0.547. The minimum Gasteiger partial charge on any atom is -0.618 e. The molecule has 1 N–H and O–H groups in total. The summed E-state index contributed by atoms with van der Waals surface area (Å²) in [4.78, 5) is 16.4. The second-order valence-corrected chi connectivity index (χ2v) is 6.94. The minimum atomic E-state index is -0.0834. The van der Waals surface area contributed by atoms with Crippen LogP contribution >= 0.6 is 23.1 Å². The van der Waals surface area contributed by atoms with Gasteiger partial charge in [-0.15, -0.1) is 11.3 Å². The molecule has 0 aliphatic rings. The molecule has 0 aliphatic heterocycles. The minimum absolute atomic E-state index is 0.0834. The highest BCUT2D eigenvalue weighted by atomic mass is 32.2. The first-order valence-electron chi connectivity index (χ1n) is 7.14. The standard InChI is InChI=1S/C16H15N3O2S2/c20-14(11-22-16-7-3-4-10-19(16)21)17-9-8-15-18-12-5-1-2-6-13(12)23-15/h1-7,10H,8-9,11H2,(H,17,20). The number of benzene rings is 1. The van der Waals surface area contributed by atoms with Gasteiger partial charge in [0.2, 0.25) is 5.91 Å². The summed E-state index contributed by atoms with van der Waals surface area (Å²) in [7, 11) is 0. The fraction of sp³-hybridized carbons (Fsp3) is 0.188. The number of carbonyl (C=O) groups excluding carboxylic acids is 1. The van der Waals surface area contributed by atoms with Crippen molar-refractivity contribution in [2.45, 2.75) is 11.4 Å². The van der Waals surface area contributed by atoms with E-state index in [-0.39, 0.29) is 11.7 Å². The highest BCUT2D eigenvalue weighted by Crippen LogP contribution is 2.21. The van der Waals surface area contributed by atoms with Gasteiger partial charge < -0.3 is 10.5 Å². The van der Waals surface area contributed by atoms with Crippen LogP contribution in [0.5, 0.6) is 0 Å². The van der Waals surface area contributed by atoms with E-state index in [1.807, 2.05) is 24.3 Å². The van der Waals surface area contributed by atoms with Gasteiger partial charge in [-0.1, -0.05) is 12.1 Å². The third-order valence-electron chi connectivity index (χ3n) is 3.14. The molecule has 3 aromatic rings. The average Bonchev–Trinajstić information content (AvgIpc) is 2.97. The van der Waals surface area contributed by atoms with Gasteiger partial charge in [0.25, 0.3) is 5.03 Å². The van der Waals surface area contributed by atoms with Gasteiger partial charge in [-0.25, -0.2) is 4.98 Å². The van der Waals surface area contributed by atoms with E-state index in [1.54, 1.807) is 29.5 Å². The molecular weight excluding hydrogens is 330 g/mol. The molecule has 3 rings (SSSR count). The summed E-state index contributed by atoms with van der Waals surface area (Å²) < 4.78 is 1.92. The first-order chi connectivity index (χ1) is 11.2. The molecule has 0 atom stereocenters. The lowest BCUT2D eigenvalue weighted by Gasteiger charge is -2.04. The van der Waals surface area contributed by atoms with Crippen LogP contribution < -0.4 is 10.0 Å². The second-order valence-electron chi connectivity index (χ2n) is 4.83. The Kier molecular flexibility index (Phi) is 5.09. The number of nitrogens with zero attached hydrogens (tertiary/aromatic N) is 2. The van der Waals surface area contributed by atoms with E-state index in [9.17, 15) is 10.0 Å². The van der Waals surface area contributed by atoms with Crippen LogP contribution in [0, 0.1) is 5.21 Å². The molecule has 1 aromatic carbocycles. The molecule has 2 heterocycles. The summed E-state index contributed by atoms with van der Waals surface area (Å²) in [6.07, 6.45) is 2.13. The molecule has 0 saturated heterocycles. The Morgan fingerprint density at radius 3 is 2.91 bits per heavy atom. The van der Waals surface area contributed by atoms with Gasteiger partial charge in [-0.3, -0.25) is 4.79 Å². The Morgan fingerprint density at radius 2 is 2.09 bits per heavy atom. The third-order valence-corrected chi connectivity index (χ3v) is 5.25. The van der Waals surface area contributed by atoms with E-state index in [0.29, 0.717) is 18.0 Å². The SMILES string of the molecule is O=C(CSc1cccc[n+]1[O-])NCCc1nc2ccccc2s1. The Hall–Kier alpha value is -2.12. The molecule has 0 unspecified atom stereocenters. The van der Waals surface area contributed by atoms with E-state index >= 15 is 0 Å². The number of rotatable bonds is 6. The molecule has 7 heteroatoms. The molecule has 0 aliphatic carbocycles. The molecule has 2 aromatic heterocycles. The number of thioether (sulfide) groups is 1. The molecular formula is C16H15N3O2S2. The summed E-state index contributed by atoms with van der Waals surface area (Å²) in [5.41, 5.74) is 0.999. The maximum Gasteiger partial charge on any atom is 0.251 e. The average molecular weight is 345 g/mol. The number of thiazole rings is 1. The molecule has 0 bridgehead atoms. The predicted molar refractivity (Wildman–Crippen MR) is 92.5 cm³/mol. The fourth-order valence-electron chi connectivity index (χ4n) is 2.05. The monoisotopic (exact) mass is 345 g/mol. The highest BCUT2D eigenvalue weighted by molar-refractivity contribution is 7.99. The number of nitrogens with one attached hydrogen (secondary N) is 1. The molecule has 0 saturated carbocycles. The number of hydrogen-bond acceptors (Lipinski definition) is 5. The van der Waals surface area contributed by atoms with Crippen LogP contribution in [-0.2, 0) is 11.2 Å². The molecule has 23 heavy (non-hydrogen) atoms. The van der Waals surface area contributed by atoms with Gasteiger partial charge in [0.15, 0.2) is 6.20 Å². The zero-order valence-electron chi connectivity index (χ0n) is 12.3. The van der Waals surface area contributed by atoms with Gasteiger partial charge in [0.1, 0.15) is 0 Å². The largest absolute Gasteiger partial charge is 0.618 e. The first-order valence-corrected chi connectivity index (χ1v) is 8.95. The van der Waals surface area contributed by atoms with Gasteiger partial charge in [0, 0.05) is 25.1 Å². The third kappa shape index (κ3) is 4.20. The lowest BCUT2D eigenvalue weighted by molar-refractivity contribution is -0.645. The number of fused-ring (bicyclic) bond motifs is 1. The van der Waals surface area contributed by atoms with Crippen LogP contribution in [0.2, 0.25) is 0 Å². The Balaban J connectivity index is 1.45. The molecule has 118 valence electrons. The van der Waals surface area contributed by atoms with Crippen molar-refractivity contribution in [3.8, 4) is 0 Å². The number of carbonyl (C=O) groups is 1. The highest BCUT2D eigenvalue weighted by Gasteiger charge is 2.09. The number of pyridine rings is 1. The molecule has 5 nitrogen and oxygen atoms in total. The van der Waals surface area contributed by atoms with Gasteiger partial charge in [0.05, 0.1) is 21.0 Å². The van der Waals surface area contributed by atoms with E-state index in [0.717, 1.165) is 20.0 Å². The normalized spacial score (nSPS) is 10.8. The van der Waals surface area contributed by atoms with Crippen LogP contribution in [0.25, 0.3) is 10.2 Å². The summed E-state index contributed by atoms with van der Waals surface area (Å²) in [6, 6.07) is 13.1. The Bertz CT molecular complexity index is 787. The second kappa shape index (κ2) is 7.43. The van der Waals surface area contributed by atoms with Crippen molar-refractivity contribution in [3.63, 3.8) is 0 Å². The quantitative estimate of drug-likeness (QED) is 0.423. The molecule has 0 radical (unpaired) electrons. The lowest BCUT2D eigenvalue weighted by atomic mass is 10.3. The molecule has 0 spiro atoms. The number of para-hydroxylation sites is 1. The molecule has 0 fully saturated rings. The van der Waals surface area contributed by atoms with Crippen molar-refractivity contribution < 1.29 is 9.52 Å². The maximum absolute atomic E-state index is 11.8. The Labute approximate surface area is 142 Å². The fourth-order valence-corrected chi connectivity index (χ4v) is 3.76. The van der Waals surface area contributed by atoms with Gasteiger partial charge in [-0.2, -0.15) is 4.73 Å². The van der Waals surface area contributed by atoms with Crippen molar-refractivity contribution in [2.24, 2.45) is 0 Å². The van der Waals surface area contributed by atoms with Crippen LogP contribution in [0.4, 0.5) is 0 Å². The van der Waals surface area contributed by atoms with Gasteiger partial charge >= 0.3 is 0 Å². The van der Waals surface area contributed by atoms with E-state index in [4.69, 9.17) is 0 Å². The zero-order chi connectivity index (χ0) is 16.1. The topological polar surface area (TPSA) is 68.9 Å². The van der Waals surface area contributed by atoms with Crippen molar-refractivity contribution in [1.29, 1.82) is 0 Å². The number of hydrogen-bond donors (Lipinski definition) is 1. The van der Waals surface area contributed by atoms with Crippen LogP contribution in [0.15, 0.2) is 53.7 Å². The zero-order valence-corrected chi connectivity index (χ0v) is 13.9. The lowest BCUT2D eigenvalue weighted by Crippen LogP contribution is -2.30. The van der Waals surface area contributed by atoms with Crippen molar-refractivity contribution in [2.75, 3.05) is 12.3 Å². The van der Waals surface area contributed by atoms with Gasteiger partial charge in [-0.05, 0) is 30.0 Å². The summed E-state index contributed by atoms with van der Waals surface area (Å²) in [5, 5.41) is 15.9. The van der Waals surface area contributed by atoms with Crippen molar-refractivity contribution in [3.05, 3.63) is 58.9 Å². The molecule has 1 amide bonds. The predicted octanol–water partition coefficient (Wildman–Crippen LogP) is 2.38. The maximum atomic E-state index is 11.8. The van der Waals surface area contributed by atoms with Crippen LogP contribution in [0.1, 0.15) is 5.01 Å². The van der Waals surface area contributed by atoms with Crippen LogP contribution in [-0.4, -0.2) is 23.2 Å². The van der Waals surface area contributed by atoms with Crippen molar-refractivity contribution >= 4 is 39.2 Å². The van der Waals surface area contributed by atoms with E-state index in [1.165, 1.54) is 18.0 Å².